The number of amides is 1. The van der Waals surface area contributed by atoms with Crippen molar-refractivity contribution in [3.05, 3.63) is 0 Å². The SMILES string of the molecule is CC1(C)CCC(NC(=O)C2(N)CCC2)CC1.Cl. The second kappa shape index (κ2) is 5.15. The quantitative estimate of drug-likeness (QED) is 0.801. The molecule has 4 heteroatoms. The number of rotatable bonds is 2. The molecular formula is C13H25ClN2O. The summed E-state index contributed by atoms with van der Waals surface area (Å²) in [6.07, 6.45) is 7.43. The Balaban J connectivity index is 0.00000144. The van der Waals surface area contributed by atoms with Crippen LogP contribution in [0.2, 0.25) is 0 Å². The average molecular weight is 261 g/mol. The minimum atomic E-state index is -0.535. The van der Waals surface area contributed by atoms with Gasteiger partial charge >= 0.3 is 0 Å². The van der Waals surface area contributed by atoms with Crippen LogP contribution in [-0.2, 0) is 4.79 Å². The number of nitrogens with one attached hydrogen (secondary N) is 1. The van der Waals surface area contributed by atoms with Crippen LogP contribution in [0.4, 0.5) is 0 Å². The Morgan fingerprint density at radius 3 is 2.12 bits per heavy atom. The van der Waals surface area contributed by atoms with Gasteiger partial charge in [0.25, 0.3) is 0 Å². The van der Waals surface area contributed by atoms with Crippen molar-refractivity contribution >= 4 is 18.3 Å². The molecule has 0 aromatic carbocycles. The lowest BCUT2D eigenvalue weighted by Gasteiger charge is -2.40. The second-order valence-electron chi connectivity index (χ2n) is 6.42. The fraction of sp³-hybridized carbons (Fsp3) is 0.923. The fourth-order valence-corrected chi connectivity index (χ4v) is 2.66. The van der Waals surface area contributed by atoms with Crippen molar-refractivity contribution in [1.29, 1.82) is 0 Å². The number of carbonyl (C=O) groups is 1. The summed E-state index contributed by atoms with van der Waals surface area (Å²) in [7, 11) is 0. The first kappa shape index (κ1) is 14.8. The van der Waals surface area contributed by atoms with Gasteiger partial charge in [-0.25, -0.2) is 0 Å². The molecule has 0 aliphatic heterocycles. The van der Waals surface area contributed by atoms with Gasteiger partial charge < -0.3 is 11.1 Å². The summed E-state index contributed by atoms with van der Waals surface area (Å²) in [6, 6.07) is 0.363. The molecule has 2 aliphatic carbocycles. The van der Waals surface area contributed by atoms with Crippen molar-refractivity contribution in [3.63, 3.8) is 0 Å². The maximum absolute atomic E-state index is 11.9. The van der Waals surface area contributed by atoms with Gasteiger partial charge in [-0.3, -0.25) is 4.79 Å². The predicted molar refractivity (Wildman–Crippen MR) is 72.2 cm³/mol. The number of hydrogen-bond acceptors (Lipinski definition) is 2. The Labute approximate surface area is 110 Å². The van der Waals surface area contributed by atoms with Crippen LogP contribution < -0.4 is 11.1 Å². The molecule has 0 heterocycles. The first-order chi connectivity index (χ1) is 7.41. The lowest BCUT2D eigenvalue weighted by atomic mass is 9.74. The molecule has 0 aromatic rings. The summed E-state index contributed by atoms with van der Waals surface area (Å²) in [5, 5.41) is 3.14. The molecule has 0 bridgehead atoms. The summed E-state index contributed by atoms with van der Waals surface area (Å²) >= 11 is 0. The van der Waals surface area contributed by atoms with Gasteiger partial charge in [0.2, 0.25) is 5.91 Å². The van der Waals surface area contributed by atoms with Crippen molar-refractivity contribution in [3.8, 4) is 0 Å². The van der Waals surface area contributed by atoms with E-state index in [0.717, 1.165) is 32.1 Å². The highest BCUT2D eigenvalue weighted by Crippen LogP contribution is 2.36. The van der Waals surface area contributed by atoms with Crippen molar-refractivity contribution in [2.45, 2.75) is 70.4 Å². The maximum Gasteiger partial charge on any atom is 0.240 e. The zero-order valence-corrected chi connectivity index (χ0v) is 11.7. The van der Waals surface area contributed by atoms with Crippen LogP contribution in [0.1, 0.15) is 58.8 Å². The molecule has 1 amide bonds. The van der Waals surface area contributed by atoms with E-state index >= 15 is 0 Å². The normalized spacial score (nSPS) is 26.5. The molecule has 3 N–H and O–H groups in total. The van der Waals surface area contributed by atoms with E-state index in [1.807, 2.05) is 0 Å². The van der Waals surface area contributed by atoms with Crippen LogP contribution in [0.3, 0.4) is 0 Å². The summed E-state index contributed by atoms with van der Waals surface area (Å²) in [5.41, 5.74) is 5.93. The minimum Gasteiger partial charge on any atom is -0.352 e. The van der Waals surface area contributed by atoms with Gasteiger partial charge in [0.15, 0.2) is 0 Å². The van der Waals surface area contributed by atoms with E-state index < -0.39 is 5.54 Å². The third kappa shape index (κ3) is 3.35. The van der Waals surface area contributed by atoms with Crippen LogP contribution in [0, 0.1) is 5.41 Å². The van der Waals surface area contributed by atoms with E-state index in [0.29, 0.717) is 11.5 Å². The highest BCUT2D eigenvalue weighted by atomic mass is 35.5. The molecule has 2 aliphatic rings. The summed E-state index contributed by atoms with van der Waals surface area (Å²) < 4.78 is 0. The van der Waals surface area contributed by atoms with Gasteiger partial charge in [-0.05, 0) is 50.4 Å². The number of halogens is 1. The van der Waals surface area contributed by atoms with Crippen molar-refractivity contribution < 1.29 is 4.79 Å². The maximum atomic E-state index is 11.9. The molecule has 0 spiro atoms. The first-order valence-corrected chi connectivity index (χ1v) is 6.51. The van der Waals surface area contributed by atoms with Crippen LogP contribution in [-0.4, -0.2) is 17.5 Å². The molecule has 3 nitrogen and oxygen atoms in total. The van der Waals surface area contributed by atoms with Crippen LogP contribution in [0.15, 0.2) is 0 Å². The van der Waals surface area contributed by atoms with Gasteiger partial charge in [0.05, 0.1) is 5.54 Å². The number of hydrogen-bond donors (Lipinski definition) is 2. The van der Waals surface area contributed by atoms with Crippen molar-refractivity contribution in [1.82, 2.24) is 5.32 Å². The Bertz CT molecular complexity index is 277. The molecule has 0 saturated heterocycles. The number of nitrogens with two attached hydrogens (primary N) is 1. The van der Waals surface area contributed by atoms with Crippen LogP contribution in [0.5, 0.6) is 0 Å². The molecule has 2 rings (SSSR count). The van der Waals surface area contributed by atoms with E-state index in [1.165, 1.54) is 12.8 Å². The van der Waals surface area contributed by atoms with Gasteiger partial charge in [-0.1, -0.05) is 13.8 Å². The van der Waals surface area contributed by atoms with Gasteiger partial charge in [-0.15, -0.1) is 12.4 Å². The topological polar surface area (TPSA) is 55.1 Å². The Morgan fingerprint density at radius 2 is 1.71 bits per heavy atom. The third-order valence-electron chi connectivity index (χ3n) is 4.37. The molecule has 0 atom stereocenters. The van der Waals surface area contributed by atoms with E-state index in [4.69, 9.17) is 5.73 Å². The summed E-state index contributed by atoms with van der Waals surface area (Å²) in [5.74, 6) is 0.0865. The Morgan fingerprint density at radius 1 is 1.18 bits per heavy atom. The van der Waals surface area contributed by atoms with E-state index in [1.54, 1.807) is 0 Å². The van der Waals surface area contributed by atoms with E-state index in [9.17, 15) is 4.79 Å². The van der Waals surface area contributed by atoms with E-state index in [-0.39, 0.29) is 18.3 Å². The fourth-order valence-electron chi connectivity index (χ4n) is 2.66. The predicted octanol–water partition coefficient (Wildman–Crippen LogP) is 2.37. The largest absolute Gasteiger partial charge is 0.352 e. The lowest BCUT2D eigenvalue weighted by Crippen LogP contribution is -2.60. The van der Waals surface area contributed by atoms with Crippen LogP contribution >= 0.6 is 12.4 Å². The average Bonchev–Trinajstić information content (AvgIpc) is 2.17. The monoisotopic (exact) mass is 260 g/mol. The minimum absolute atomic E-state index is 0. The third-order valence-corrected chi connectivity index (χ3v) is 4.37. The van der Waals surface area contributed by atoms with Gasteiger partial charge in [0.1, 0.15) is 0 Å². The lowest BCUT2D eigenvalue weighted by molar-refractivity contribution is -0.130. The zero-order chi connectivity index (χ0) is 11.8. The van der Waals surface area contributed by atoms with Crippen LogP contribution in [0.25, 0.3) is 0 Å². The zero-order valence-electron chi connectivity index (χ0n) is 10.9. The smallest absolute Gasteiger partial charge is 0.240 e. The summed E-state index contributed by atoms with van der Waals surface area (Å²) in [4.78, 5) is 11.9. The molecule has 0 unspecified atom stereocenters. The molecule has 0 radical (unpaired) electrons. The highest BCUT2D eigenvalue weighted by molar-refractivity contribution is 5.87. The molecule has 100 valence electrons. The molecule has 0 aromatic heterocycles. The van der Waals surface area contributed by atoms with Crippen molar-refractivity contribution in [2.75, 3.05) is 0 Å². The second-order valence-corrected chi connectivity index (χ2v) is 6.42. The van der Waals surface area contributed by atoms with Crippen molar-refractivity contribution in [2.24, 2.45) is 11.1 Å². The standard InChI is InChI=1S/C13H24N2O.ClH/c1-12(2)8-4-10(5-9-12)15-11(16)13(14)6-3-7-13;/h10H,3-9,14H2,1-2H3,(H,15,16);1H. The van der Waals surface area contributed by atoms with E-state index in [2.05, 4.69) is 19.2 Å². The Kier molecular flexibility index (Phi) is 4.48. The highest BCUT2D eigenvalue weighted by Gasteiger charge is 2.41. The molecule has 2 fully saturated rings. The molecule has 17 heavy (non-hydrogen) atoms. The molecule has 2 saturated carbocycles. The first-order valence-electron chi connectivity index (χ1n) is 6.51. The van der Waals surface area contributed by atoms with Gasteiger partial charge in [0, 0.05) is 6.04 Å². The van der Waals surface area contributed by atoms with Gasteiger partial charge in [-0.2, -0.15) is 0 Å². The Hall–Kier alpha value is -0.280. The summed E-state index contributed by atoms with van der Waals surface area (Å²) in [6.45, 7) is 4.61. The number of carbonyl (C=O) groups excluding carboxylic acids is 1. The molecular weight excluding hydrogens is 236 g/mol.